The Morgan fingerprint density at radius 2 is 2.07 bits per heavy atom. The third-order valence-electron chi connectivity index (χ3n) is 3.84. The third kappa shape index (κ3) is 3.36. The van der Waals surface area contributed by atoms with Crippen LogP contribution in [0.25, 0.3) is 0 Å². The van der Waals surface area contributed by atoms with E-state index in [4.69, 9.17) is 5.73 Å². The van der Waals surface area contributed by atoms with Crippen molar-refractivity contribution in [1.29, 1.82) is 0 Å². The van der Waals surface area contributed by atoms with Crippen LogP contribution in [0.4, 0.5) is 0 Å². The van der Waals surface area contributed by atoms with E-state index in [-0.39, 0.29) is 0 Å². The molecule has 1 aliphatic heterocycles. The maximum atomic E-state index is 5.94. The molecule has 0 aromatic carbocycles. The number of likely N-dealkylation sites (N-methyl/N-ethyl adjacent to an activating group) is 1. The molecule has 3 heteroatoms. The van der Waals surface area contributed by atoms with Gasteiger partial charge in [0.2, 0.25) is 0 Å². The highest BCUT2D eigenvalue weighted by Gasteiger charge is 2.28. The summed E-state index contributed by atoms with van der Waals surface area (Å²) in [4.78, 5) is 2.55. The van der Waals surface area contributed by atoms with Crippen LogP contribution in [-0.2, 0) is 0 Å². The number of nitrogens with zero attached hydrogens (tertiary/aromatic N) is 1. The predicted molar refractivity (Wildman–Crippen MR) is 70.4 cm³/mol. The SMILES string of the molecule is CCC(CC)C(CN)N(C)C1CCSC1. The van der Waals surface area contributed by atoms with E-state index in [9.17, 15) is 0 Å². The van der Waals surface area contributed by atoms with Gasteiger partial charge in [0.1, 0.15) is 0 Å². The van der Waals surface area contributed by atoms with Crippen LogP contribution < -0.4 is 5.73 Å². The fraction of sp³-hybridized carbons (Fsp3) is 1.00. The zero-order chi connectivity index (χ0) is 11.3. The summed E-state index contributed by atoms with van der Waals surface area (Å²) in [6, 6.07) is 1.35. The largest absolute Gasteiger partial charge is 0.329 e. The summed E-state index contributed by atoms with van der Waals surface area (Å²) in [5.74, 6) is 3.40. The molecule has 0 aromatic rings. The van der Waals surface area contributed by atoms with E-state index in [0.717, 1.165) is 18.5 Å². The van der Waals surface area contributed by atoms with E-state index < -0.39 is 0 Å². The lowest BCUT2D eigenvalue weighted by molar-refractivity contribution is 0.133. The van der Waals surface area contributed by atoms with E-state index >= 15 is 0 Å². The van der Waals surface area contributed by atoms with Gasteiger partial charge in [0.25, 0.3) is 0 Å². The van der Waals surface area contributed by atoms with Crippen molar-refractivity contribution in [3.05, 3.63) is 0 Å². The quantitative estimate of drug-likeness (QED) is 0.758. The molecule has 1 rings (SSSR count). The van der Waals surface area contributed by atoms with Gasteiger partial charge in [-0.3, -0.25) is 4.90 Å². The normalized spacial score (nSPS) is 24.0. The van der Waals surface area contributed by atoms with Crippen LogP contribution >= 0.6 is 11.8 Å². The van der Waals surface area contributed by atoms with Gasteiger partial charge in [-0.1, -0.05) is 26.7 Å². The molecule has 1 aliphatic rings. The monoisotopic (exact) mass is 230 g/mol. The van der Waals surface area contributed by atoms with E-state index in [2.05, 4.69) is 37.6 Å². The lowest BCUT2D eigenvalue weighted by atomic mass is 9.92. The Hall–Kier alpha value is 0.270. The molecule has 1 heterocycles. The first-order valence-electron chi connectivity index (χ1n) is 6.24. The van der Waals surface area contributed by atoms with Crippen molar-refractivity contribution in [1.82, 2.24) is 4.90 Å². The van der Waals surface area contributed by atoms with Crippen LogP contribution in [0, 0.1) is 5.92 Å². The molecule has 0 aliphatic carbocycles. The third-order valence-corrected chi connectivity index (χ3v) is 4.98. The Bertz CT molecular complexity index is 165. The van der Waals surface area contributed by atoms with Crippen molar-refractivity contribution in [3.8, 4) is 0 Å². The van der Waals surface area contributed by atoms with Gasteiger partial charge < -0.3 is 5.73 Å². The fourth-order valence-corrected chi connectivity index (χ4v) is 3.92. The molecular weight excluding hydrogens is 204 g/mol. The molecule has 2 unspecified atom stereocenters. The van der Waals surface area contributed by atoms with Gasteiger partial charge in [-0.05, 0) is 25.1 Å². The van der Waals surface area contributed by atoms with Crippen molar-refractivity contribution in [2.24, 2.45) is 11.7 Å². The van der Waals surface area contributed by atoms with Crippen molar-refractivity contribution in [2.75, 3.05) is 25.1 Å². The van der Waals surface area contributed by atoms with Crippen molar-refractivity contribution >= 4 is 11.8 Å². The number of thioether (sulfide) groups is 1. The molecule has 0 bridgehead atoms. The van der Waals surface area contributed by atoms with E-state index in [1.165, 1.54) is 30.8 Å². The first kappa shape index (κ1) is 13.3. The maximum absolute atomic E-state index is 5.94. The van der Waals surface area contributed by atoms with Crippen LogP contribution in [0.2, 0.25) is 0 Å². The Morgan fingerprint density at radius 3 is 2.47 bits per heavy atom. The lowest BCUT2D eigenvalue weighted by Gasteiger charge is -2.36. The average Bonchev–Trinajstić information content (AvgIpc) is 2.78. The second-order valence-corrected chi connectivity index (χ2v) is 5.71. The standard InChI is InChI=1S/C12H26N2S/c1-4-10(5-2)12(8-13)14(3)11-6-7-15-9-11/h10-12H,4-9,13H2,1-3H3. The first-order chi connectivity index (χ1) is 7.24. The van der Waals surface area contributed by atoms with Gasteiger partial charge in [0, 0.05) is 24.4 Å². The van der Waals surface area contributed by atoms with Gasteiger partial charge in [-0.25, -0.2) is 0 Å². The molecule has 2 N–H and O–H groups in total. The molecule has 0 spiro atoms. The highest BCUT2D eigenvalue weighted by atomic mass is 32.2. The van der Waals surface area contributed by atoms with E-state index in [0.29, 0.717) is 6.04 Å². The lowest BCUT2D eigenvalue weighted by Crippen LogP contribution is -2.48. The van der Waals surface area contributed by atoms with Crippen LogP contribution in [0.15, 0.2) is 0 Å². The molecular formula is C12H26N2S. The Labute approximate surface area is 99.0 Å². The van der Waals surface area contributed by atoms with Crippen LogP contribution in [0.3, 0.4) is 0 Å². The van der Waals surface area contributed by atoms with Gasteiger partial charge >= 0.3 is 0 Å². The first-order valence-corrected chi connectivity index (χ1v) is 7.39. The Morgan fingerprint density at radius 1 is 1.40 bits per heavy atom. The van der Waals surface area contributed by atoms with Crippen LogP contribution in [-0.4, -0.2) is 42.1 Å². The summed E-state index contributed by atoms with van der Waals surface area (Å²) >= 11 is 2.08. The maximum Gasteiger partial charge on any atom is 0.0246 e. The smallest absolute Gasteiger partial charge is 0.0246 e. The molecule has 2 atom stereocenters. The molecule has 0 aromatic heterocycles. The van der Waals surface area contributed by atoms with Gasteiger partial charge in [-0.15, -0.1) is 0 Å². The molecule has 90 valence electrons. The summed E-state index contributed by atoms with van der Waals surface area (Å²) in [6.45, 7) is 5.38. The molecule has 2 nitrogen and oxygen atoms in total. The summed E-state index contributed by atoms with van der Waals surface area (Å²) < 4.78 is 0. The Kier molecular flexibility index (Phi) is 6.02. The summed E-state index contributed by atoms with van der Waals surface area (Å²) in [5.41, 5.74) is 5.94. The molecule has 0 radical (unpaired) electrons. The minimum atomic E-state index is 0.587. The average molecular weight is 230 g/mol. The number of hydrogen-bond donors (Lipinski definition) is 1. The zero-order valence-electron chi connectivity index (χ0n) is 10.4. The number of hydrogen-bond acceptors (Lipinski definition) is 3. The summed E-state index contributed by atoms with van der Waals surface area (Å²) in [5, 5.41) is 0. The fourth-order valence-electron chi connectivity index (χ4n) is 2.64. The number of nitrogens with two attached hydrogens (primary N) is 1. The van der Waals surface area contributed by atoms with Crippen molar-refractivity contribution < 1.29 is 0 Å². The van der Waals surface area contributed by atoms with Crippen LogP contribution in [0.1, 0.15) is 33.1 Å². The van der Waals surface area contributed by atoms with Crippen molar-refractivity contribution in [2.45, 2.75) is 45.2 Å². The second-order valence-electron chi connectivity index (χ2n) is 4.56. The Balaban J connectivity index is 2.54. The molecule has 0 amide bonds. The summed E-state index contributed by atoms with van der Waals surface area (Å²) in [7, 11) is 2.27. The van der Waals surface area contributed by atoms with Gasteiger partial charge in [0.15, 0.2) is 0 Å². The van der Waals surface area contributed by atoms with Crippen molar-refractivity contribution in [3.63, 3.8) is 0 Å². The summed E-state index contributed by atoms with van der Waals surface area (Å²) in [6.07, 6.45) is 3.85. The van der Waals surface area contributed by atoms with Gasteiger partial charge in [0.05, 0.1) is 0 Å². The minimum Gasteiger partial charge on any atom is -0.329 e. The van der Waals surface area contributed by atoms with E-state index in [1.807, 2.05) is 0 Å². The minimum absolute atomic E-state index is 0.587. The highest BCUT2D eigenvalue weighted by Crippen LogP contribution is 2.26. The van der Waals surface area contributed by atoms with Crippen LogP contribution in [0.5, 0.6) is 0 Å². The zero-order valence-corrected chi connectivity index (χ0v) is 11.2. The second kappa shape index (κ2) is 6.77. The molecule has 1 saturated heterocycles. The molecule has 0 saturated carbocycles. The highest BCUT2D eigenvalue weighted by molar-refractivity contribution is 7.99. The van der Waals surface area contributed by atoms with E-state index in [1.54, 1.807) is 0 Å². The molecule has 15 heavy (non-hydrogen) atoms. The van der Waals surface area contributed by atoms with Gasteiger partial charge in [-0.2, -0.15) is 11.8 Å². The predicted octanol–water partition coefficient (Wildman–Crippen LogP) is 2.19. The molecule has 1 fully saturated rings. The topological polar surface area (TPSA) is 29.3 Å². The number of rotatable bonds is 6.